The molecule has 4 unspecified atom stereocenters. The molecule has 0 nitrogen and oxygen atoms in total. The van der Waals surface area contributed by atoms with Crippen molar-refractivity contribution in [2.24, 2.45) is 23.7 Å². The van der Waals surface area contributed by atoms with Gasteiger partial charge in [-0.1, -0.05) is 46.0 Å². The summed E-state index contributed by atoms with van der Waals surface area (Å²) in [6.45, 7) is 4.88. The van der Waals surface area contributed by atoms with Gasteiger partial charge >= 0.3 is 0 Å². The highest BCUT2D eigenvalue weighted by Crippen LogP contribution is 2.52. The summed E-state index contributed by atoms with van der Waals surface area (Å²) in [6, 6.07) is 0. The Kier molecular flexibility index (Phi) is 2.96. The predicted octanol–water partition coefficient (Wildman–Crippen LogP) is 4.25. The van der Waals surface area contributed by atoms with E-state index in [-0.39, 0.29) is 0 Å². The lowest BCUT2D eigenvalue weighted by Gasteiger charge is -2.52. The van der Waals surface area contributed by atoms with Gasteiger partial charge in [-0.3, -0.25) is 0 Å². The van der Waals surface area contributed by atoms with E-state index >= 15 is 0 Å². The lowest BCUT2D eigenvalue weighted by molar-refractivity contribution is -0.0311. The van der Waals surface area contributed by atoms with E-state index < -0.39 is 0 Å². The maximum Gasteiger partial charge on any atom is -0.0352 e. The van der Waals surface area contributed by atoms with Gasteiger partial charge in [-0.25, -0.2) is 0 Å². The first-order valence-corrected chi connectivity index (χ1v) is 6.34. The van der Waals surface area contributed by atoms with Crippen molar-refractivity contribution in [2.75, 3.05) is 0 Å². The predicted molar refractivity (Wildman–Crippen MR) is 57.6 cm³/mol. The SMILES string of the molecule is CCC1C(C)C2CCCCCCC12. The number of rotatable bonds is 1. The van der Waals surface area contributed by atoms with E-state index in [0.29, 0.717) is 0 Å². The molecule has 0 bridgehead atoms. The van der Waals surface area contributed by atoms with Crippen LogP contribution in [0.3, 0.4) is 0 Å². The lowest BCUT2D eigenvalue weighted by Crippen LogP contribution is -2.45. The van der Waals surface area contributed by atoms with E-state index in [4.69, 9.17) is 0 Å². The Labute approximate surface area is 83.1 Å². The summed E-state index contributed by atoms with van der Waals surface area (Å²) in [5.41, 5.74) is 0. The Bertz CT molecular complexity index is 161. The molecule has 0 aliphatic heterocycles. The van der Waals surface area contributed by atoms with Gasteiger partial charge in [-0.05, 0) is 36.5 Å². The molecule has 0 heterocycles. The largest absolute Gasteiger partial charge is 0.0651 e. The molecule has 0 aromatic rings. The highest BCUT2D eigenvalue weighted by Gasteiger charge is 2.45. The van der Waals surface area contributed by atoms with E-state index in [1.165, 1.54) is 32.1 Å². The zero-order chi connectivity index (χ0) is 9.26. The second-order valence-electron chi connectivity index (χ2n) is 5.25. The number of fused-ring (bicyclic) bond motifs is 1. The first-order valence-electron chi connectivity index (χ1n) is 6.34. The quantitative estimate of drug-likeness (QED) is 0.566. The molecule has 0 heteroatoms. The van der Waals surface area contributed by atoms with Crippen molar-refractivity contribution >= 4 is 0 Å². The second-order valence-corrected chi connectivity index (χ2v) is 5.25. The van der Waals surface area contributed by atoms with Crippen LogP contribution in [0.5, 0.6) is 0 Å². The van der Waals surface area contributed by atoms with Gasteiger partial charge in [-0.15, -0.1) is 0 Å². The molecule has 76 valence electrons. The minimum atomic E-state index is 1.05. The standard InChI is InChI=1S/C13H24/c1-3-11-10(2)12-8-6-4-5-7-9-13(11)12/h10-13H,3-9H2,1-2H3. The third-order valence-electron chi connectivity index (χ3n) is 4.75. The smallest absolute Gasteiger partial charge is 0.0352 e. The minimum Gasteiger partial charge on any atom is -0.0651 e. The molecule has 0 spiro atoms. The van der Waals surface area contributed by atoms with Gasteiger partial charge in [0.25, 0.3) is 0 Å². The number of hydrogen-bond acceptors (Lipinski definition) is 0. The highest BCUT2D eigenvalue weighted by molar-refractivity contribution is 4.94. The summed E-state index contributed by atoms with van der Waals surface area (Å²) in [6.07, 6.45) is 10.6. The Morgan fingerprint density at radius 2 is 1.54 bits per heavy atom. The molecule has 0 N–H and O–H groups in total. The molecule has 2 aliphatic carbocycles. The summed E-state index contributed by atoms with van der Waals surface area (Å²) in [5, 5.41) is 0. The summed E-state index contributed by atoms with van der Waals surface area (Å²) in [7, 11) is 0. The van der Waals surface area contributed by atoms with Gasteiger partial charge in [0.15, 0.2) is 0 Å². The molecule has 0 saturated heterocycles. The average molecular weight is 180 g/mol. The van der Waals surface area contributed by atoms with E-state index in [2.05, 4.69) is 13.8 Å². The first-order chi connectivity index (χ1) is 6.34. The Balaban J connectivity index is 1.94. The third kappa shape index (κ3) is 1.65. The maximum atomic E-state index is 2.50. The molecule has 2 fully saturated rings. The van der Waals surface area contributed by atoms with Crippen LogP contribution in [0.25, 0.3) is 0 Å². The van der Waals surface area contributed by atoms with Gasteiger partial charge in [0.2, 0.25) is 0 Å². The van der Waals surface area contributed by atoms with Crippen LogP contribution in [0.2, 0.25) is 0 Å². The zero-order valence-corrected chi connectivity index (χ0v) is 9.26. The minimum absolute atomic E-state index is 1.05. The van der Waals surface area contributed by atoms with Crippen LogP contribution in [0.1, 0.15) is 58.8 Å². The normalized spacial score (nSPS) is 45.7. The van der Waals surface area contributed by atoms with Crippen molar-refractivity contribution in [2.45, 2.75) is 58.8 Å². The summed E-state index contributed by atoms with van der Waals surface area (Å²) < 4.78 is 0. The molecule has 13 heavy (non-hydrogen) atoms. The monoisotopic (exact) mass is 180 g/mol. The maximum absolute atomic E-state index is 2.50. The van der Waals surface area contributed by atoms with Gasteiger partial charge in [-0.2, -0.15) is 0 Å². The van der Waals surface area contributed by atoms with Crippen molar-refractivity contribution < 1.29 is 0 Å². The average Bonchev–Trinajstić information content (AvgIpc) is 2.09. The van der Waals surface area contributed by atoms with E-state index in [9.17, 15) is 0 Å². The highest BCUT2D eigenvalue weighted by atomic mass is 14.5. The molecule has 4 atom stereocenters. The molecular weight excluding hydrogens is 156 g/mol. The molecule has 0 aromatic heterocycles. The van der Waals surface area contributed by atoms with Crippen LogP contribution < -0.4 is 0 Å². The van der Waals surface area contributed by atoms with Crippen LogP contribution in [0.15, 0.2) is 0 Å². The Morgan fingerprint density at radius 1 is 0.923 bits per heavy atom. The van der Waals surface area contributed by atoms with Crippen molar-refractivity contribution in [3.8, 4) is 0 Å². The van der Waals surface area contributed by atoms with Gasteiger partial charge < -0.3 is 0 Å². The van der Waals surface area contributed by atoms with Crippen LogP contribution in [-0.2, 0) is 0 Å². The second kappa shape index (κ2) is 4.02. The van der Waals surface area contributed by atoms with Crippen LogP contribution in [-0.4, -0.2) is 0 Å². The van der Waals surface area contributed by atoms with Crippen LogP contribution in [0.4, 0.5) is 0 Å². The van der Waals surface area contributed by atoms with Crippen molar-refractivity contribution in [3.63, 3.8) is 0 Å². The van der Waals surface area contributed by atoms with Crippen molar-refractivity contribution in [1.82, 2.24) is 0 Å². The van der Waals surface area contributed by atoms with Gasteiger partial charge in [0, 0.05) is 0 Å². The Morgan fingerprint density at radius 3 is 2.15 bits per heavy atom. The zero-order valence-electron chi connectivity index (χ0n) is 9.26. The van der Waals surface area contributed by atoms with Gasteiger partial charge in [0.05, 0.1) is 0 Å². The van der Waals surface area contributed by atoms with E-state index in [1.54, 1.807) is 12.8 Å². The molecule has 0 aromatic carbocycles. The van der Waals surface area contributed by atoms with E-state index in [0.717, 1.165) is 23.7 Å². The molecule has 0 radical (unpaired) electrons. The van der Waals surface area contributed by atoms with Crippen LogP contribution >= 0.6 is 0 Å². The fourth-order valence-corrected chi connectivity index (χ4v) is 3.96. The van der Waals surface area contributed by atoms with Crippen molar-refractivity contribution in [3.05, 3.63) is 0 Å². The molecule has 2 saturated carbocycles. The summed E-state index contributed by atoms with van der Waals surface area (Å²) >= 11 is 0. The van der Waals surface area contributed by atoms with E-state index in [1.807, 2.05) is 0 Å². The number of hydrogen-bond donors (Lipinski definition) is 0. The summed E-state index contributed by atoms with van der Waals surface area (Å²) in [4.78, 5) is 0. The van der Waals surface area contributed by atoms with Crippen molar-refractivity contribution in [1.29, 1.82) is 0 Å². The lowest BCUT2D eigenvalue weighted by atomic mass is 9.53. The summed E-state index contributed by atoms with van der Waals surface area (Å²) in [5.74, 6) is 4.38. The van der Waals surface area contributed by atoms with Gasteiger partial charge in [0.1, 0.15) is 0 Å². The fraction of sp³-hybridized carbons (Fsp3) is 1.00. The Hall–Kier alpha value is 0. The first kappa shape index (κ1) is 9.55. The third-order valence-corrected chi connectivity index (χ3v) is 4.75. The van der Waals surface area contributed by atoms with Crippen LogP contribution in [0, 0.1) is 23.7 Å². The topological polar surface area (TPSA) is 0 Å². The molecule has 2 aliphatic rings. The fourth-order valence-electron chi connectivity index (χ4n) is 3.96. The molecule has 2 rings (SSSR count). The molecule has 0 amide bonds. The molecular formula is C13H24.